The summed E-state index contributed by atoms with van der Waals surface area (Å²) >= 11 is 0. The van der Waals surface area contributed by atoms with Crippen LogP contribution in [0.5, 0.6) is 0 Å². The summed E-state index contributed by atoms with van der Waals surface area (Å²) in [5, 5.41) is 2.92. The van der Waals surface area contributed by atoms with Gasteiger partial charge < -0.3 is 14.6 Å². The molecule has 0 atom stereocenters. The second-order valence-electron chi connectivity index (χ2n) is 10.5. The summed E-state index contributed by atoms with van der Waals surface area (Å²) in [6.45, 7) is 11.0. The van der Waals surface area contributed by atoms with Crippen LogP contribution in [0.2, 0.25) is 0 Å². The molecule has 0 saturated carbocycles. The fourth-order valence-electron chi connectivity index (χ4n) is 4.84. The molecule has 2 aromatic heterocycles. The molecule has 2 aliphatic heterocycles. The lowest BCUT2D eigenvalue weighted by Gasteiger charge is -2.37. The fraction of sp³-hybridized carbons (Fsp3) is 0.481. The summed E-state index contributed by atoms with van der Waals surface area (Å²) in [4.78, 5) is 36.1. The summed E-state index contributed by atoms with van der Waals surface area (Å²) in [7, 11) is 0. The lowest BCUT2D eigenvalue weighted by molar-refractivity contribution is -0.204. The average molecular weight is 475 g/mol. The number of nitrogens with zero attached hydrogens (tertiary/aromatic N) is 6. The first-order valence-electron chi connectivity index (χ1n) is 12.5. The summed E-state index contributed by atoms with van der Waals surface area (Å²) in [6, 6.07) is 10.7. The number of pyridine rings is 1. The molecule has 0 N–H and O–H groups in total. The average Bonchev–Trinajstić information content (AvgIpc) is 2.88. The highest BCUT2D eigenvalue weighted by molar-refractivity contribution is 5.84. The number of hydrogen-bond acceptors (Lipinski definition) is 8. The molecule has 0 spiro atoms. The van der Waals surface area contributed by atoms with E-state index in [1.807, 2.05) is 33.2 Å². The number of rotatable bonds is 4. The maximum atomic E-state index is 12.2. The molecular weight excluding hydrogens is 440 g/mol. The third-order valence-corrected chi connectivity index (χ3v) is 6.99. The Kier molecular flexibility index (Phi) is 6.56. The molecule has 2 aliphatic rings. The van der Waals surface area contributed by atoms with Crippen molar-refractivity contribution in [2.75, 3.05) is 49.1 Å². The van der Waals surface area contributed by atoms with Gasteiger partial charge in [0.25, 0.3) is 0 Å². The number of anilines is 2. The molecule has 0 aliphatic carbocycles. The molecule has 2 fully saturated rings. The molecule has 0 bridgehead atoms. The van der Waals surface area contributed by atoms with Crippen molar-refractivity contribution >= 4 is 28.2 Å². The normalized spacial score (nSPS) is 18.1. The summed E-state index contributed by atoms with van der Waals surface area (Å²) in [5.74, 6) is 0.150. The Hall–Kier alpha value is -3.26. The van der Waals surface area contributed by atoms with Crippen molar-refractivity contribution in [3.63, 3.8) is 0 Å². The van der Waals surface area contributed by atoms with Crippen molar-refractivity contribution in [1.29, 1.82) is 0 Å². The van der Waals surface area contributed by atoms with E-state index in [1.54, 1.807) is 11.4 Å². The smallest absolute Gasteiger partial charge is 0.330 e. The third-order valence-electron chi connectivity index (χ3n) is 6.99. The Morgan fingerprint density at radius 2 is 1.54 bits per heavy atom. The Bertz CT molecular complexity index is 1160. The molecular formula is C27H34N6O2. The van der Waals surface area contributed by atoms with Crippen LogP contribution < -0.4 is 9.80 Å². The van der Waals surface area contributed by atoms with Crippen LogP contribution in [-0.2, 0) is 9.63 Å². The third kappa shape index (κ3) is 5.22. The lowest BCUT2D eigenvalue weighted by Crippen LogP contribution is -2.46. The number of carbonyl (C=O) groups excluding carboxylic acids is 1. The molecule has 4 heterocycles. The number of fused-ring (bicyclic) bond motifs is 1. The molecule has 1 aromatic carbocycles. The van der Waals surface area contributed by atoms with E-state index in [4.69, 9.17) is 4.84 Å². The molecule has 0 amide bonds. The number of piperidine rings is 1. The second-order valence-corrected chi connectivity index (χ2v) is 10.5. The highest BCUT2D eigenvalue weighted by atomic mass is 16.7. The topological polar surface area (TPSA) is 74.7 Å². The molecule has 0 radical (unpaired) electrons. The van der Waals surface area contributed by atoms with Gasteiger partial charge in [-0.2, -0.15) is 0 Å². The van der Waals surface area contributed by atoms with Gasteiger partial charge in [-0.3, -0.25) is 4.98 Å². The van der Waals surface area contributed by atoms with E-state index in [9.17, 15) is 4.79 Å². The van der Waals surface area contributed by atoms with Gasteiger partial charge in [-0.05, 0) is 63.9 Å². The summed E-state index contributed by atoms with van der Waals surface area (Å²) < 4.78 is 0. The molecule has 0 unspecified atom stereocenters. The quantitative estimate of drug-likeness (QED) is 0.561. The van der Waals surface area contributed by atoms with E-state index in [-0.39, 0.29) is 5.97 Å². The zero-order valence-electron chi connectivity index (χ0n) is 20.9. The monoisotopic (exact) mass is 474 g/mol. The van der Waals surface area contributed by atoms with Gasteiger partial charge in [0.15, 0.2) is 0 Å². The molecule has 3 aromatic rings. The number of carbonyl (C=O) groups is 1. The Balaban J connectivity index is 1.24. The number of piperazine rings is 1. The molecule has 8 nitrogen and oxygen atoms in total. The Morgan fingerprint density at radius 3 is 2.20 bits per heavy atom. The van der Waals surface area contributed by atoms with Crippen molar-refractivity contribution in [2.45, 2.75) is 39.5 Å². The highest BCUT2D eigenvalue weighted by Gasteiger charge is 2.30. The van der Waals surface area contributed by atoms with E-state index in [2.05, 4.69) is 55.1 Å². The number of aromatic nitrogens is 3. The minimum Gasteiger partial charge on any atom is -0.368 e. The first kappa shape index (κ1) is 23.5. The first-order valence-corrected chi connectivity index (χ1v) is 12.5. The van der Waals surface area contributed by atoms with E-state index < -0.39 is 5.41 Å². The molecule has 35 heavy (non-hydrogen) atoms. The first-order chi connectivity index (χ1) is 16.9. The van der Waals surface area contributed by atoms with E-state index in [1.165, 1.54) is 11.4 Å². The molecule has 5 rings (SSSR count). The Morgan fingerprint density at radius 1 is 0.886 bits per heavy atom. The number of benzene rings is 1. The number of hydroxylamine groups is 2. The minimum absolute atomic E-state index is 0.183. The van der Waals surface area contributed by atoms with Crippen molar-refractivity contribution in [3.8, 4) is 0 Å². The van der Waals surface area contributed by atoms with Gasteiger partial charge in [-0.15, -0.1) is 5.06 Å². The van der Waals surface area contributed by atoms with Crippen LogP contribution in [0.4, 0.5) is 11.4 Å². The van der Waals surface area contributed by atoms with Gasteiger partial charge in [-0.25, -0.2) is 14.8 Å². The van der Waals surface area contributed by atoms with E-state index in [0.29, 0.717) is 5.92 Å². The van der Waals surface area contributed by atoms with Crippen molar-refractivity contribution in [1.82, 2.24) is 20.0 Å². The van der Waals surface area contributed by atoms with Gasteiger partial charge >= 0.3 is 5.97 Å². The van der Waals surface area contributed by atoms with Crippen molar-refractivity contribution < 1.29 is 9.63 Å². The van der Waals surface area contributed by atoms with Crippen LogP contribution in [0.15, 0.2) is 49.1 Å². The lowest BCUT2D eigenvalue weighted by atomic mass is 9.91. The maximum absolute atomic E-state index is 12.2. The Labute approximate surface area is 206 Å². The number of hydrogen-bond donors (Lipinski definition) is 0. The second kappa shape index (κ2) is 9.77. The van der Waals surface area contributed by atoms with Crippen molar-refractivity contribution in [3.05, 3.63) is 54.7 Å². The van der Waals surface area contributed by atoms with E-state index in [0.717, 1.165) is 68.7 Å². The maximum Gasteiger partial charge on any atom is 0.330 e. The highest BCUT2D eigenvalue weighted by Crippen LogP contribution is 2.33. The van der Waals surface area contributed by atoms with Crippen molar-refractivity contribution in [2.24, 2.45) is 5.41 Å². The predicted octanol–water partition coefficient (Wildman–Crippen LogP) is 4.04. The van der Waals surface area contributed by atoms with Gasteiger partial charge in [0.2, 0.25) is 0 Å². The van der Waals surface area contributed by atoms with Crippen LogP contribution in [0.25, 0.3) is 10.9 Å². The van der Waals surface area contributed by atoms with Crippen LogP contribution >= 0.6 is 0 Å². The van der Waals surface area contributed by atoms with Gasteiger partial charge in [0.05, 0.1) is 16.6 Å². The summed E-state index contributed by atoms with van der Waals surface area (Å²) in [5.41, 5.74) is 4.04. The SMILES string of the molecule is CC(C)(C)C(=O)ON1CCC(c2ncnc3cc(N4CCN(c5ccncc5)CC4)ccc23)CC1. The van der Waals surface area contributed by atoms with Crippen LogP contribution in [0, 0.1) is 5.41 Å². The van der Waals surface area contributed by atoms with Gasteiger partial charge in [-0.1, -0.05) is 0 Å². The fourth-order valence-corrected chi connectivity index (χ4v) is 4.84. The largest absolute Gasteiger partial charge is 0.368 e. The summed E-state index contributed by atoms with van der Waals surface area (Å²) in [6.07, 6.45) is 7.20. The zero-order chi connectivity index (χ0) is 24.4. The molecule has 2 saturated heterocycles. The van der Waals surface area contributed by atoms with Gasteiger partial charge in [0.1, 0.15) is 6.33 Å². The van der Waals surface area contributed by atoms with Gasteiger partial charge in [0, 0.05) is 74.3 Å². The van der Waals surface area contributed by atoms with E-state index >= 15 is 0 Å². The standard InChI is InChI=1S/C27H34N6O2/c1-27(2,3)26(34)35-33-12-8-20(9-13-33)25-23-5-4-22(18-24(23)29-19-30-25)32-16-14-31(15-17-32)21-6-10-28-11-7-21/h4-7,10-11,18-20H,8-9,12-17H2,1-3H3. The van der Waals surface area contributed by atoms with Crippen LogP contribution in [-0.4, -0.2) is 65.3 Å². The van der Waals surface area contributed by atoms with Crippen LogP contribution in [0.1, 0.15) is 45.2 Å². The van der Waals surface area contributed by atoms with Crippen LogP contribution in [0.3, 0.4) is 0 Å². The zero-order valence-corrected chi connectivity index (χ0v) is 20.9. The molecule has 8 heteroatoms. The predicted molar refractivity (Wildman–Crippen MR) is 137 cm³/mol. The minimum atomic E-state index is -0.497. The molecule has 184 valence electrons.